The third-order valence-corrected chi connectivity index (χ3v) is 8.16. The highest BCUT2D eigenvalue weighted by molar-refractivity contribution is 7.85. The van der Waals surface area contributed by atoms with Crippen LogP contribution in [0.5, 0.6) is 11.5 Å². The molecule has 0 aliphatic carbocycles. The minimum absolute atomic E-state index is 0.00417. The molecule has 0 radical (unpaired) electrons. The molecule has 0 fully saturated rings. The van der Waals surface area contributed by atoms with E-state index in [-0.39, 0.29) is 31.3 Å². The second-order valence-electron chi connectivity index (χ2n) is 14.7. The van der Waals surface area contributed by atoms with Crippen molar-refractivity contribution in [2.75, 3.05) is 47.8 Å². The van der Waals surface area contributed by atoms with Crippen LogP contribution in [0.25, 0.3) is 0 Å². The van der Waals surface area contributed by atoms with Crippen molar-refractivity contribution in [1.82, 2.24) is 29.7 Å². The van der Waals surface area contributed by atoms with Crippen LogP contribution in [0.15, 0.2) is 9.59 Å². The first-order chi connectivity index (χ1) is 26.7. The van der Waals surface area contributed by atoms with Gasteiger partial charge < -0.3 is 54.0 Å². The molecule has 5 N–H and O–H groups in total. The molecule has 23 heteroatoms. The van der Waals surface area contributed by atoms with Gasteiger partial charge in [0.1, 0.15) is 22.9 Å². The first-order valence-electron chi connectivity index (χ1n) is 17.9. The number of amides is 2. The summed E-state index contributed by atoms with van der Waals surface area (Å²) in [4.78, 5) is 87.9. The van der Waals surface area contributed by atoms with Crippen molar-refractivity contribution in [3.8, 4) is 11.5 Å². The Labute approximate surface area is 335 Å². The number of nitrogens with one attached hydrogen (secondary N) is 2. The minimum Gasteiger partial charge on any atom is -0.501 e. The molecule has 2 unspecified atom stereocenters. The van der Waals surface area contributed by atoms with E-state index in [2.05, 4.69) is 33.6 Å². The number of carbonyl (C=O) groups excluding carboxylic acids is 4. The van der Waals surface area contributed by atoms with E-state index in [4.69, 9.17) is 14.6 Å². The van der Waals surface area contributed by atoms with Gasteiger partial charge in [-0.05, 0) is 80.1 Å². The number of carbonyl (C=O) groups is 4. The summed E-state index contributed by atoms with van der Waals surface area (Å²) in [5.41, 5.74) is -4.55. The van der Waals surface area contributed by atoms with Crippen molar-refractivity contribution >= 4 is 34.2 Å². The summed E-state index contributed by atoms with van der Waals surface area (Å²) < 4.78 is 46.6. The number of H-pyrrole nitrogens is 2. The largest absolute Gasteiger partial charge is 0.501 e. The van der Waals surface area contributed by atoms with Crippen molar-refractivity contribution in [3.63, 3.8) is 0 Å². The average molecular weight is 849 g/mol. The van der Waals surface area contributed by atoms with Gasteiger partial charge in [-0.3, -0.25) is 13.8 Å². The lowest BCUT2D eigenvalue weighted by Crippen LogP contribution is -2.38. The second kappa shape index (κ2) is 22.0. The summed E-state index contributed by atoms with van der Waals surface area (Å²) in [7, 11) is 1.48. The number of aromatic amines is 2. The van der Waals surface area contributed by atoms with E-state index in [9.17, 15) is 47.4 Å². The monoisotopic (exact) mass is 848 g/mol. The molecule has 0 saturated carbocycles. The van der Waals surface area contributed by atoms with Crippen LogP contribution in [0.4, 0.5) is 9.59 Å². The third kappa shape index (κ3) is 16.7. The van der Waals surface area contributed by atoms with E-state index in [0.717, 1.165) is 20.5 Å². The lowest BCUT2D eigenvalue weighted by atomic mass is 10.1. The quantitative estimate of drug-likeness (QED) is 0.0702. The van der Waals surface area contributed by atoms with Gasteiger partial charge in [0.25, 0.3) is 21.2 Å². The second-order valence-corrected chi connectivity index (χ2v) is 16.4. The van der Waals surface area contributed by atoms with E-state index in [1.165, 1.54) is 23.9 Å². The number of methoxy groups -OCH3 is 2. The summed E-state index contributed by atoms with van der Waals surface area (Å²) in [5.74, 6) is -3.83. The fraction of sp³-hybridized carbons (Fsp3) is 0.657. The summed E-state index contributed by atoms with van der Waals surface area (Å²) >= 11 is 0. The highest BCUT2D eigenvalue weighted by atomic mass is 32.2. The molecule has 0 aliphatic heterocycles. The van der Waals surface area contributed by atoms with E-state index < -0.39 is 91.5 Å². The molecule has 0 saturated heterocycles. The number of unbranched alkanes of at least 4 members (excludes halogenated alkanes) is 2. The van der Waals surface area contributed by atoms with Gasteiger partial charge in [-0.15, -0.1) is 0 Å². The normalized spacial score (nSPS) is 12.6. The molecule has 2 aromatic rings. The van der Waals surface area contributed by atoms with Crippen LogP contribution >= 0.6 is 0 Å². The topological polar surface area (TPSA) is 307 Å². The van der Waals surface area contributed by atoms with Crippen LogP contribution in [-0.4, -0.2) is 137 Å². The first-order valence-corrected chi connectivity index (χ1v) is 19.7. The summed E-state index contributed by atoms with van der Waals surface area (Å²) in [5, 5.41) is 28.6. The standard InChI is InChI=1S/C18H29N3O9S.C17H27N3O7/c1-18(2,3)30-17(25)21(4)11(9-7-8-10-29-31(6,26)27)14-19-12(16(24)28-5)13(22)15(23)20-14;1-17(2,3)27-16(25)20(4)10(8-6-7-9-21)13-18-11(15(24)26-5)12(22)14(23)19-13/h11,22H,7-10H2,1-6H3,(H,19,20,23);10,21-22H,6-9H2,1-5H3,(H,18,19,23). The molecular weight excluding hydrogens is 792 g/mol. The predicted molar refractivity (Wildman–Crippen MR) is 205 cm³/mol. The van der Waals surface area contributed by atoms with Crippen LogP contribution in [0.1, 0.15) is 125 Å². The zero-order valence-corrected chi connectivity index (χ0v) is 35.5. The van der Waals surface area contributed by atoms with Crippen molar-refractivity contribution in [3.05, 3.63) is 43.7 Å². The maximum Gasteiger partial charge on any atom is 0.410 e. The molecular formula is C35H56N6O16S. The van der Waals surface area contributed by atoms with Crippen molar-refractivity contribution in [2.24, 2.45) is 0 Å². The molecule has 0 aromatic carbocycles. The average Bonchev–Trinajstić information content (AvgIpc) is 3.11. The van der Waals surface area contributed by atoms with E-state index in [1.54, 1.807) is 41.5 Å². The maximum absolute atomic E-state index is 12.6. The summed E-state index contributed by atoms with van der Waals surface area (Å²) in [6.45, 7) is 10.1. The van der Waals surface area contributed by atoms with Gasteiger partial charge in [0, 0.05) is 20.7 Å². The first kappa shape index (κ1) is 50.7. The minimum atomic E-state index is -3.58. The Balaban J connectivity index is 0.000000586. The fourth-order valence-electron chi connectivity index (χ4n) is 4.81. The SMILES string of the molecule is COC(=O)c1nc(C(CCCCO)N(C)C(=O)OC(C)(C)C)[nH]c(=O)c1O.COC(=O)c1nc(C(CCCCOS(C)(=O)=O)N(C)C(=O)OC(C)(C)C)[nH]c(=O)c1O. The van der Waals surface area contributed by atoms with Gasteiger partial charge in [0.2, 0.25) is 11.5 Å². The van der Waals surface area contributed by atoms with Gasteiger partial charge in [-0.1, -0.05) is 0 Å². The van der Waals surface area contributed by atoms with Gasteiger partial charge in [-0.25, -0.2) is 29.1 Å². The number of esters is 2. The number of ether oxygens (including phenoxy) is 4. The van der Waals surface area contributed by atoms with Gasteiger partial charge >= 0.3 is 24.1 Å². The molecule has 58 heavy (non-hydrogen) atoms. The van der Waals surface area contributed by atoms with E-state index in [0.29, 0.717) is 32.1 Å². The molecule has 2 atom stereocenters. The highest BCUT2D eigenvalue weighted by Gasteiger charge is 2.32. The molecule has 0 aliphatic rings. The smallest absolute Gasteiger partial charge is 0.410 e. The van der Waals surface area contributed by atoms with Crippen LogP contribution in [0, 0.1) is 0 Å². The van der Waals surface area contributed by atoms with Crippen molar-refractivity contribution < 1.29 is 66.0 Å². The molecule has 328 valence electrons. The number of hydrogen-bond donors (Lipinski definition) is 5. The number of hydrogen-bond acceptors (Lipinski definition) is 18. The third-order valence-electron chi connectivity index (χ3n) is 7.57. The number of aliphatic hydroxyl groups is 1. The van der Waals surface area contributed by atoms with Crippen LogP contribution in [0.2, 0.25) is 0 Å². The van der Waals surface area contributed by atoms with Crippen LogP contribution in [-0.2, 0) is 33.2 Å². The molecule has 2 heterocycles. The highest BCUT2D eigenvalue weighted by Crippen LogP contribution is 2.27. The van der Waals surface area contributed by atoms with Crippen LogP contribution in [0.3, 0.4) is 0 Å². The predicted octanol–water partition coefficient (Wildman–Crippen LogP) is 2.65. The summed E-state index contributed by atoms with van der Waals surface area (Å²) in [6.07, 6.45) is 1.85. The lowest BCUT2D eigenvalue weighted by molar-refractivity contribution is 0.0190. The van der Waals surface area contributed by atoms with Crippen molar-refractivity contribution in [1.29, 1.82) is 0 Å². The Morgan fingerprint density at radius 1 is 0.707 bits per heavy atom. The van der Waals surface area contributed by atoms with Crippen molar-refractivity contribution in [2.45, 2.75) is 103 Å². The number of nitrogens with zero attached hydrogens (tertiary/aromatic N) is 4. The van der Waals surface area contributed by atoms with Gasteiger partial charge in [0.15, 0.2) is 11.4 Å². The lowest BCUT2D eigenvalue weighted by Gasteiger charge is -2.30. The summed E-state index contributed by atoms with van der Waals surface area (Å²) in [6, 6.07) is -1.60. The van der Waals surface area contributed by atoms with E-state index in [1.807, 2.05) is 0 Å². The molecule has 0 spiro atoms. The Morgan fingerprint density at radius 2 is 1.07 bits per heavy atom. The Morgan fingerprint density at radius 3 is 1.38 bits per heavy atom. The Hall–Kier alpha value is -5.29. The zero-order chi connectivity index (χ0) is 44.8. The number of aliphatic hydroxyl groups excluding tert-OH is 1. The molecule has 2 rings (SSSR count). The molecule has 22 nitrogen and oxygen atoms in total. The number of rotatable bonds is 16. The number of aromatic hydroxyl groups is 2. The fourth-order valence-corrected chi connectivity index (χ4v) is 5.23. The van der Waals surface area contributed by atoms with Crippen LogP contribution < -0.4 is 11.1 Å². The van der Waals surface area contributed by atoms with Gasteiger partial charge in [0.05, 0.1) is 39.2 Å². The van der Waals surface area contributed by atoms with E-state index >= 15 is 0 Å². The zero-order valence-electron chi connectivity index (χ0n) is 34.7. The molecule has 2 aromatic heterocycles. The Bertz CT molecular complexity index is 1950. The maximum atomic E-state index is 12.6. The molecule has 2 amide bonds. The number of aromatic nitrogens is 4. The molecule has 0 bridgehead atoms. The Kier molecular flexibility index (Phi) is 19.3. The van der Waals surface area contributed by atoms with Gasteiger partial charge in [-0.2, -0.15) is 8.42 Å².